The molecule has 1 rings (SSSR count). The van der Waals surface area contributed by atoms with Crippen molar-refractivity contribution in [1.29, 1.82) is 0 Å². The van der Waals surface area contributed by atoms with Gasteiger partial charge in [0.05, 0.1) is 5.69 Å². The molecule has 0 radical (unpaired) electrons. The Kier molecular flexibility index (Phi) is 3.63. The molecule has 0 bridgehead atoms. The van der Waals surface area contributed by atoms with Crippen LogP contribution < -0.4 is 4.74 Å². The number of halogens is 4. The second-order valence-electron chi connectivity index (χ2n) is 2.67. The molecule has 0 aliphatic carbocycles. The Morgan fingerprint density at radius 1 is 1.25 bits per heavy atom. The molecule has 0 aliphatic heterocycles. The molecule has 0 saturated heterocycles. The van der Waals surface area contributed by atoms with E-state index in [0.29, 0.717) is 0 Å². The summed E-state index contributed by atoms with van der Waals surface area (Å²) in [6.45, 7) is 0. The average molecular weight is 235 g/mol. The minimum absolute atomic E-state index is 0.185. The van der Waals surface area contributed by atoms with Crippen LogP contribution in [0, 0.1) is 0 Å². The van der Waals surface area contributed by atoms with E-state index in [9.17, 15) is 22.4 Å². The molecule has 0 spiro atoms. The number of hydrogen-bond donors (Lipinski definition) is 0. The molecule has 0 aliphatic rings. The molecule has 1 aromatic carbocycles. The van der Waals surface area contributed by atoms with E-state index < -0.39 is 12.5 Å². The van der Waals surface area contributed by atoms with E-state index in [2.05, 4.69) is 9.73 Å². The minimum atomic E-state index is -5.07. The van der Waals surface area contributed by atoms with Crippen molar-refractivity contribution in [1.82, 2.24) is 0 Å². The SMILES string of the molecule is O=C=Nc1ccc(OC(F)C(F)(F)F)cc1. The number of carbonyl (C=O) groups excluding carboxylic acids is 1. The van der Waals surface area contributed by atoms with Crippen LogP contribution in [0.15, 0.2) is 29.3 Å². The van der Waals surface area contributed by atoms with Gasteiger partial charge in [0.1, 0.15) is 5.75 Å². The number of ether oxygens (including phenoxy) is 1. The van der Waals surface area contributed by atoms with E-state index in [4.69, 9.17) is 0 Å². The lowest BCUT2D eigenvalue weighted by atomic mass is 10.3. The maximum absolute atomic E-state index is 12.4. The van der Waals surface area contributed by atoms with Gasteiger partial charge in [-0.05, 0) is 24.3 Å². The van der Waals surface area contributed by atoms with Crippen LogP contribution in [0.4, 0.5) is 23.2 Å². The van der Waals surface area contributed by atoms with Crippen molar-refractivity contribution in [3.8, 4) is 5.75 Å². The highest BCUT2D eigenvalue weighted by Gasteiger charge is 2.42. The fourth-order valence-electron chi connectivity index (χ4n) is 0.838. The summed E-state index contributed by atoms with van der Waals surface area (Å²) < 4.78 is 51.7. The van der Waals surface area contributed by atoms with Gasteiger partial charge in [0.2, 0.25) is 6.08 Å². The van der Waals surface area contributed by atoms with Gasteiger partial charge in [0.15, 0.2) is 0 Å². The molecule has 7 heteroatoms. The van der Waals surface area contributed by atoms with Crippen LogP contribution in [0.25, 0.3) is 0 Å². The van der Waals surface area contributed by atoms with Gasteiger partial charge in [-0.1, -0.05) is 0 Å². The molecule has 16 heavy (non-hydrogen) atoms. The van der Waals surface area contributed by atoms with Crippen molar-refractivity contribution < 1.29 is 27.1 Å². The number of isocyanates is 1. The van der Waals surface area contributed by atoms with Crippen molar-refractivity contribution in [3.05, 3.63) is 24.3 Å². The summed E-state index contributed by atoms with van der Waals surface area (Å²) in [5, 5.41) is 0. The van der Waals surface area contributed by atoms with E-state index in [-0.39, 0.29) is 11.4 Å². The van der Waals surface area contributed by atoms with Gasteiger partial charge < -0.3 is 4.74 Å². The van der Waals surface area contributed by atoms with Gasteiger partial charge in [0.25, 0.3) is 0 Å². The number of alkyl halides is 4. The quantitative estimate of drug-likeness (QED) is 0.459. The lowest BCUT2D eigenvalue weighted by Gasteiger charge is -2.13. The highest BCUT2D eigenvalue weighted by molar-refractivity contribution is 5.50. The molecule has 86 valence electrons. The van der Waals surface area contributed by atoms with Crippen molar-refractivity contribution in [2.24, 2.45) is 4.99 Å². The predicted octanol–water partition coefficient (Wildman–Crippen LogP) is 2.89. The monoisotopic (exact) mass is 235 g/mol. The molecule has 1 aromatic rings. The molecule has 0 fully saturated rings. The summed E-state index contributed by atoms with van der Waals surface area (Å²) in [6.07, 6.45) is -7.20. The van der Waals surface area contributed by atoms with E-state index in [1.54, 1.807) is 0 Å². The first-order chi connectivity index (χ1) is 7.43. The Hall–Kier alpha value is -1.88. The number of hydrogen-bond acceptors (Lipinski definition) is 3. The summed E-state index contributed by atoms with van der Waals surface area (Å²) >= 11 is 0. The van der Waals surface area contributed by atoms with Gasteiger partial charge in [0, 0.05) is 0 Å². The lowest BCUT2D eigenvalue weighted by molar-refractivity contribution is -0.236. The second-order valence-corrected chi connectivity index (χ2v) is 2.67. The fraction of sp³-hybridized carbons (Fsp3) is 0.222. The molecule has 1 atom stereocenters. The van der Waals surface area contributed by atoms with Gasteiger partial charge in [-0.15, -0.1) is 0 Å². The van der Waals surface area contributed by atoms with E-state index in [1.807, 2.05) is 0 Å². The molecule has 0 heterocycles. The third kappa shape index (κ3) is 3.36. The summed E-state index contributed by atoms with van der Waals surface area (Å²) in [5.41, 5.74) is 0.185. The zero-order valence-corrected chi connectivity index (χ0v) is 7.66. The van der Waals surface area contributed by atoms with Crippen LogP contribution in [0.5, 0.6) is 5.75 Å². The molecule has 1 unspecified atom stereocenters. The molecule has 0 aromatic heterocycles. The van der Waals surface area contributed by atoms with E-state index in [1.165, 1.54) is 18.2 Å². The number of benzene rings is 1. The summed E-state index contributed by atoms with van der Waals surface area (Å²) in [4.78, 5) is 13.0. The number of aliphatic imine (C=N–C) groups is 1. The highest BCUT2D eigenvalue weighted by atomic mass is 19.4. The maximum Gasteiger partial charge on any atom is 0.457 e. The van der Waals surface area contributed by atoms with Crippen molar-refractivity contribution >= 4 is 11.8 Å². The Morgan fingerprint density at radius 3 is 2.25 bits per heavy atom. The van der Waals surface area contributed by atoms with Crippen LogP contribution in [-0.2, 0) is 4.79 Å². The third-order valence-corrected chi connectivity index (χ3v) is 1.51. The average Bonchev–Trinajstić information content (AvgIpc) is 2.20. The van der Waals surface area contributed by atoms with Crippen LogP contribution >= 0.6 is 0 Å². The zero-order valence-electron chi connectivity index (χ0n) is 7.66. The Labute approximate surface area is 87.4 Å². The molecule has 3 nitrogen and oxygen atoms in total. The maximum atomic E-state index is 12.4. The number of rotatable bonds is 3. The van der Waals surface area contributed by atoms with E-state index >= 15 is 0 Å². The zero-order chi connectivity index (χ0) is 12.2. The third-order valence-electron chi connectivity index (χ3n) is 1.51. The first kappa shape index (κ1) is 12.2. The Bertz CT molecular complexity index is 395. The van der Waals surface area contributed by atoms with Gasteiger partial charge in [-0.3, -0.25) is 0 Å². The predicted molar refractivity (Wildman–Crippen MR) is 45.8 cm³/mol. The standard InChI is InChI=1S/C9H5F4NO2/c10-8(9(11,12)13)16-7-3-1-6(2-4-7)14-5-15/h1-4,8H. The first-order valence-electron chi connectivity index (χ1n) is 3.99. The minimum Gasteiger partial charge on any atom is -0.452 e. The van der Waals surface area contributed by atoms with Gasteiger partial charge in [-0.2, -0.15) is 22.6 Å². The van der Waals surface area contributed by atoms with Crippen LogP contribution in [0.1, 0.15) is 0 Å². The molecular weight excluding hydrogens is 230 g/mol. The largest absolute Gasteiger partial charge is 0.457 e. The Balaban J connectivity index is 2.72. The lowest BCUT2D eigenvalue weighted by Crippen LogP contribution is -2.29. The summed E-state index contributed by atoms with van der Waals surface area (Å²) in [7, 11) is 0. The molecular formula is C9H5F4NO2. The smallest absolute Gasteiger partial charge is 0.452 e. The second kappa shape index (κ2) is 4.76. The fourth-order valence-corrected chi connectivity index (χ4v) is 0.838. The molecule has 0 saturated carbocycles. The van der Waals surface area contributed by atoms with Crippen molar-refractivity contribution in [3.63, 3.8) is 0 Å². The molecule has 0 N–H and O–H groups in total. The highest BCUT2D eigenvalue weighted by Crippen LogP contribution is 2.26. The number of nitrogens with zero attached hydrogens (tertiary/aromatic N) is 1. The van der Waals surface area contributed by atoms with E-state index in [0.717, 1.165) is 12.1 Å². The first-order valence-corrected chi connectivity index (χ1v) is 3.99. The normalized spacial score (nSPS) is 12.8. The van der Waals surface area contributed by atoms with Gasteiger partial charge in [-0.25, -0.2) is 4.79 Å². The van der Waals surface area contributed by atoms with Crippen molar-refractivity contribution in [2.45, 2.75) is 12.5 Å². The van der Waals surface area contributed by atoms with Gasteiger partial charge >= 0.3 is 12.5 Å². The van der Waals surface area contributed by atoms with Crippen LogP contribution in [-0.4, -0.2) is 18.6 Å². The summed E-state index contributed by atoms with van der Waals surface area (Å²) in [5.74, 6) is -0.310. The molecule has 0 amide bonds. The van der Waals surface area contributed by atoms with Crippen LogP contribution in [0.2, 0.25) is 0 Å². The van der Waals surface area contributed by atoms with Crippen molar-refractivity contribution in [2.75, 3.05) is 0 Å². The Morgan fingerprint density at radius 2 is 1.81 bits per heavy atom. The summed E-state index contributed by atoms with van der Waals surface area (Å²) in [6, 6.07) is 4.52. The van der Waals surface area contributed by atoms with Crippen LogP contribution in [0.3, 0.4) is 0 Å². The topological polar surface area (TPSA) is 38.7 Å².